The Bertz CT molecular complexity index is 622. The number of anilines is 1. The zero-order chi connectivity index (χ0) is 14.7. The molecule has 1 fully saturated rings. The highest BCUT2D eigenvalue weighted by Gasteiger charge is 2.27. The van der Waals surface area contributed by atoms with Gasteiger partial charge in [-0.25, -0.2) is 0 Å². The summed E-state index contributed by atoms with van der Waals surface area (Å²) < 4.78 is 5.12. The van der Waals surface area contributed by atoms with Crippen LogP contribution in [0.5, 0.6) is 0 Å². The minimum atomic E-state index is -0.233. The molecule has 2 aromatic rings. The predicted molar refractivity (Wildman–Crippen MR) is 78.0 cm³/mol. The molecule has 3 rings (SSSR count). The average molecular weight is 284 g/mol. The van der Waals surface area contributed by atoms with E-state index in [4.69, 9.17) is 4.42 Å². The Kier molecular flexibility index (Phi) is 3.73. The van der Waals surface area contributed by atoms with Crippen molar-refractivity contribution in [2.45, 2.75) is 6.42 Å². The molecule has 0 N–H and O–H groups in total. The van der Waals surface area contributed by atoms with Crippen LogP contribution in [0.2, 0.25) is 0 Å². The summed E-state index contributed by atoms with van der Waals surface area (Å²) in [5, 5.41) is 0. The molecule has 5 nitrogen and oxygen atoms in total. The number of amides is 2. The number of furan rings is 1. The first kappa shape index (κ1) is 13.4. The van der Waals surface area contributed by atoms with Crippen LogP contribution < -0.4 is 4.90 Å². The fourth-order valence-electron chi connectivity index (χ4n) is 2.48. The summed E-state index contributed by atoms with van der Waals surface area (Å²) in [5.41, 5.74) is 0.870. The molecule has 5 heteroatoms. The standard InChI is InChI=1S/C16H16N2O3/c19-15-12-17(16(20)14-8-4-11-21-14)9-5-10-18(15)13-6-2-1-3-7-13/h1-4,6-8,11H,5,9-10,12H2. The number of carbonyl (C=O) groups is 2. The second-order valence-electron chi connectivity index (χ2n) is 4.94. The first-order chi connectivity index (χ1) is 10.3. The molecule has 108 valence electrons. The Morgan fingerprint density at radius 1 is 1.05 bits per heavy atom. The largest absolute Gasteiger partial charge is 0.459 e. The van der Waals surface area contributed by atoms with Gasteiger partial charge in [-0.2, -0.15) is 0 Å². The molecular formula is C16H16N2O3. The predicted octanol–water partition coefficient (Wildman–Crippen LogP) is 2.16. The summed E-state index contributed by atoms with van der Waals surface area (Å²) in [7, 11) is 0. The molecule has 2 amide bonds. The zero-order valence-electron chi connectivity index (χ0n) is 11.6. The van der Waals surface area contributed by atoms with Crippen LogP contribution in [0.3, 0.4) is 0 Å². The van der Waals surface area contributed by atoms with E-state index in [0.717, 1.165) is 12.1 Å². The number of carbonyl (C=O) groups excluding carboxylic acids is 2. The molecule has 2 heterocycles. The van der Waals surface area contributed by atoms with E-state index in [1.807, 2.05) is 30.3 Å². The highest BCUT2D eigenvalue weighted by atomic mass is 16.3. The van der Waals surface area contributed by atoms with Crippen molar-refractivity contribution in [3.63, 3.8) is 0 Å². The van der Waals surface area contributed by atoms with Crippen molar-refractivity contribution < 1.29 is 14.0 Å². The average Bonchev–Trinajstić information content (AvgIpc) is 2.97. The van der Waals surface area contributed by atoms with Crippen LogP contribution in [0.15, 0.2) is 53.1 Å². The maximum Gasteiger partial charge on any atom is 0.290 e. The fourth-order valence-corrected chi connectivity index (χ4v) is 2.48. The SMILES string of the molecule is O=C(c1ccco1)N1CCCN(c2ccccc2)C(=O)C1. The summed E-state index contributed by atoms with van der Waals surface area (Å²) in [6, 6.07) is 12.8. The van der Waals surface area contributed by atoms with Crippen molar-refractivity contribution in [3.8, 4) is 0 Å². The Labute approximate surface area is 122 Å². The molecule has 0 atom stereocenters. The van der Waals surface area contributed by atoms with E-state index >= 15 is 0 Å². The quantitative estimate of drug-likeness (QED) is 0.849. The number of hydrogen-bond acceptors (Lipinski definition) is 3. The molecule has 1 aliphatic heterocycles. The topological polar surface area (TPSA) is 53.8 Å². The molecule has 0 radical (unpaired) electrons. The third kappa shape index (κ3) is 2.81. The van der Waals surface area contributed by atoms with Crippen LogP contribution >= 0.6 is 0 Å². The number of para-hydroxylation sites is 1. The monoisotopic (exact) mass is 284 g/mol. The van der Waals surface area contributed by atoms with Crippen LogP contribution in [0.4, 0.5) is 5.69 Å². The number of nitrogens with zero attached hydrogens (tertiary/aromatic N) is 2. The lowest BCUT2D eigenvalue weighted by Crippen LogP contribution is -2.39. The summed E-state index contributed by atoms with van der Waals surface area (Å²) in [6.07, 6.45) is 2.20. The van der Waals surface area contributed by atoms with E-state index in [-0.39, 0.29) is 24.1 Å². The van der Waals surface area contributed by atoms with E-state index < -0.39 is 0 Å². The van der Waals surface area contributed by atoms with Gasteiger partial charge in [0.05, 0.1) is 6.26 Å². The second kappa shape index (κ2) is 5.83. The van der Waals surface area contributed by atoms with E-state index in [2.05, 4.69) is 0 Å². The van der Waals surface area contributed by atoms with Gasteiger partial charge < -0.3 is 14.2 Å². The zero-order valence-corrected chi connectivity index (χ0v) is 11.6. The van der Waals surface area contributed by atoms with Crippen molar-refractivity contribution in [2.24, 2.45) is 0 Å². The first-order valence-electron chi connectivity index (χ1n) is 6.94. The lowest BCUT2D eigenvalue weighted by Gasteiger charge is -2.21. The number of hydrogen-bond donors (Lipinski definition) is 0. The van der Waals surface area contributed by atoms with Crippen LogP contribution in [0.25, 0.3) is 0 Å². The lowest BCUT2D eigenvalue weighted by atomic mass is 10.2. The third-order valence-electron chi connectivity index (χ3n) is 3.52. The molecule has 0 spiro atoms. The van der Waals surface area contributed by atoms with Crippen molar-refractivity contribution in [1.82, 2.24) is 4.90 Å². The number of rotatable bonds is 2. The molecule has 1 aromatic carbocycles. The van der Waals surface area contributed by atoms with Gasteiger partial charge in [-0.1, -0.05) is 18.2 Å². The molecule has 0 aliphatic carbocycles. The molecule has 21 heavy (non-hydrogen) atoms. The summed E-state index contributed by atoms with van der Waals surface area (Å²) >= 11 is 0. The Hall–Kier alpha value is -2.56. The van der Waals surface area contributed by atoms with Gasteiger partial charge in [-0.3, -0.25) is 9.59 Å². The smallest absolute Gasteiger partial charge is 0.290 e. The van der Waals surface area contributed by atoms with E-state index in [1.165, 1.54) is 6.26 Å². The van der Waals surface area contributed by atoms with E-state index in [1.54, 1.807) is 21.9 Å². The minimum absolute atomic E-state index is 0.0707. The second-order valence-corrected chi connectivity index (χ2v) is 4.94. The maximum absolute atomic E-state index is 12.4. The highest BCUT2D eigenvalue weighted by Crippen LogP contribution is 2.17. The van der Waals surface area contributed by atoms with Crippen LogP contribution in [-0.2, 0) is 4.79 Å². The van der Waals surface area contributed by atoms with Crippen molar-refractivity contribution >= 4 is 17.5 Å². The minimum Gasteiger partial charge on any atom is -0.459 e. The Morgan fingerprint density at radius 2 is 1.86 bits per heavy atom. The van der Waals surface area contributed by atoms with Gasteiger partial charge in [0.15, 0.2) is 5.76 Å². The van der Waals surface area contributed by atoms with Crippen molar-refractivity contribution in [3.05, 3.63) is 54.5 Å². The maximum atomic E-state index is 12.4. The van der Waals surface area contributed by atoms with Crippen LogP contribution in [0.1, 0.15) is 17.0 Å². The van der Waals surface area contributed by atoms with Crippen molar-refractivity contribution in [1.29, 1.82) is 0 Å². The Morgan fingerprint density at radius 3 is 2.57 bits per heavy atom. The first-order valence-corrected chi connectivity index (χ1v) is 6.94. The molecule has 0 bridgehead atoms. The Balaban J connectivity index is 1.76. The highest BCUT2D eigenvalue weighted by molar-refractivity contribution is 5.99. The van der Waals surface area contributed by atoms with Gasteiger partial charge in [0.25, 0.3) is 5.91 Å². The third-order valence-corrected chi connectivity index (χ3v) is 3.52. The van der Waals surface area contributed by atoms with E-state index in [9.17, 15) is 9.59 Å². The summed E-state index contributed by atoms with van der Waals surface area (Å²) in [6.45, 7) is 1.24. The molecule has 1 aliphatic rings. The lowest BCUT2D eigenvalue weighted by molar-refractivity contribution is -0.118. The molecule has 0 unspecified atom stereocenters. The van der Waals surface area contributed by atoms with Gasteiger partial charge in [0.1, 0.15) is 6.54 Å². The fraction of sp³-hybridized carbons (Fsp3) is 0.250. The summed E-state index contributed by atoms with van der Waals surface area (Å²) in [5.74, 6) is -0.0298. The van der Waals surface area contributed by atoms with Gasteiger partial charge in [-0.15, -0.1) is 0 Å². The van der Waals surface area contributed by atoms with Gasteiger partial charge in [-0.05, 0) is 30.7 Å². The van der Waals surface area contributed by atoms with Crippen LogP contribution in [-0.4, -0.2) is 36.3 Å². The molecule has 1 aromatic heterocycles. The van der Waals surface area contributed by atoms with Crippen LogP contribution in [0, 0.1) is 0 Å². The number of benzene rings is 1. The molecule has 1 saturated heterocycles. The van der Waals surface area contributed by atoms with Gasteiger partial charge >= 0.3 is 0 Å². The van der Waals surface area contributed by atoms with Crippen molar-refractivity contribution in [2.75, 3.05) is 24.5 Å². The molecule has 0 saturated carbocycles. The molecular weight excluding hydrogens is 268 g/mol. The van der Waals surface area contributed by atoms with Gasteiger partial charge in [0.2, 0.25) is 5.91 Å². The normalized spacial score (nSPS) is 15.9. The summed E-state index contributed by atoms with van der Waals surface area (Å²) in [4.78, 5) is 27.9. The van der Waals surface area contributed by atoms with Gasteiger partial charge in [0, 0.05) is 18.8 Å². The van der Waals surface area contributed by atoms with E-state index in [0.29, 0.717) is 13.1 Å².